The molecule has 1 heterocycles. The molecule has 122 valence electrons. The Hall–Kier alpha value is -1.91. The van der Waals surface area contributed by atoms with Crippen LogP contribution in [0.3, 0.4) is 0 Å². The average molecular weight is 306 g/mol. The number of aromatic carboxylic acids is 1. The largest absolute Gasteiger partial charge is 0.477 e. The fourth-order valence-corrected chi connectivity index (χ4v) is 2.28. The maximum Gasteiger partial charge on any atom is 0.354 e. The summed E-state index contributed by atoms with van der Waals surface area (Å²) in [7, 11) is 0. The SMILES string of the molecule is CCCCCN(CCCCC)C(=O)c1ccnc(C(=O)O)c1. The van der Waals surface area contributed by atoms with E-state index >= 15 is 0 Å². The number of aromatic nitrogens is 1. The molecule has 0 radical (unpaired) electrons. The molecule has 1 aromatic rings. The Morgan fingerprint density at radius 2 is 1.68 bits per heavy atom. The van der Waals surface area contributed by atoms with Crippen LogP contribution in [-0.4, -0.2) is 40.0 Å². The monoisotopic (exact) mass is 306 g/mol. The molecule has 1 aromatic heterocycles. The number of rotatable bonds is 10. The van der Waals surface area contributed by atoms with Crippen LogP contribution in [0.4, 0.5) is 0 Å². The fourth-order valence-electron chi connectivity index (χ4n) is 2.28. The average Bonchev–Trinajstić information content (AvgIpc) is 2.53. The lowest BCUT2D eigenvalue weighted by molar-refractivity contribution is 0.0690. The summed E-state index contributed by atoms with van der Waals surface area (Å²) in [6, 6.07) is 2.94. The van der Waals surface area contributed by atoms with Gasteiger partial charge in [0.2, 0.25) is 0 Å². The second-order valence-electron chi connectivity index (χ2n) is 5.44. The smallest absolute Gasteiger partial charge is 0.354 e. The van der Waals surface area contributed by atoms with E-state index in [1.54, 1.807) is 6.07 Å². The Morgan fingerprint density at radius 3 is 2.18 bits per heavy atom. The van der Waals surface area contributed by atoms with Gasteiger partial charge in [0.25, 0.3) is 5.91 Å². The number of carboxylic acid groups (broad SMARTS) is 1. The Morgan fingerprint density at radius 1 is 1.09 bits per heavy atom. The molecule has 1 N–H and O–H groups in total. The highest BCUT2D eigenvalue weighted by atomic mass is 16.4. The van der Waals surface area contributed by atoms with E-state index in [9.17, 15) is 9.59 Å². The van der Waals surface area contributed by atoms with Crippen molar-refractivity contribution >= 4 is 11.9 Å². The maximum absolute atomic E-state index is 12.6. The van der Waals surface area contributed by atoms with E-state index in [1.807, 2.05) is 4.90 Å². The molecule has 0 aliphatic carbocycles. The van der Waals surface area contributed by atoms with E-state index in [1.165, 1.54) is 12.3 Å². The third-order valence-corrected chi connectivity index (χ3v) is 3.58. The number of carbonyl (C=O) groups excluding carboxylic acids is 1. The number of pyridine rings is 1. The fraction of sp³-hybridized carbons (Fsp3) is 0.588. The van der Waals surface area contributed by atoms with E-state index < -0.39 is 5.97 Å². The highest BCUT2D eigenvalue weighted by molar-refractivity contribution is 5.96. The lowest BCUT2D eigenvalue weighted by Gasteiger charge is -2.23. The van der Waals surface area contributed by atoms with Gasteiger partial charge >= 0.3 is 5.97 Å². The van der Waals surface area contributed by atoms with Crippen LogP contribution in [0.1, 0.15) is 73.2 Å². The standard InChI is InChI=1S/C17H26N2O3/c1-3-5-7-11-19(12-8-6-4-2)16(20)14-9-10-18-15(13-14)17(21)22/h9-10,13H,3-8,11-12H2,1-2H3,(H,21,22). The quantitative estimate of drug-likeness (QED) is 0.670. The molecule has 0 saturated carbocycles. The van der Waals surface area contributed by atoms with Crippen LogP contribution in [-0.2, 0) is 0 Å². The summed E-state index contributed by atoms with van der Waals surface area (Å²) in [4.78, 5) is 29.2. The number of carboxylic acids is 1. The van der Waals surface area contributed by atoms with Gasteiger partial charge in [0, 0.05) is 24.8 Å². The molecule has 1 amide bonds. The van der Waals surface area contributed by atoms with Crippen LogP contribution in [0.25, 0.3) is 0 Å². The minimum absolute atomic E-state index is 0.0899. The summed E-state index contributed by atoms with van der Waals surface area (Å²) in [5.74, 6) is -1.21. The molecule has 0 aromatic carbocycles. The lowest BCUT2D eigenvalue weighted by atomic mass is 10.1. The topological polar surface area (TPSA) is 70.5 Å². The molecule has 0 aliphatic rings. The third kappa shape index (κ3) is 5.84. The van der Waals surface area contributed by atoms with Crippen LogP contribution in [0, 0.1) is 0 Å². The van der Waals surface area contributed by atoms with E-state index in [2.05, 4.69) is 18.8 Å². The van der Waals surface area contributed by atoms with E-state index in [0.29, 0.717) is 5.56 Å². The van der Waals surface area contributed by atoms with Crippen LogP contribution in [0.5, 0.6) is 0 Å². The first-order valence-electron chi connectivity index (χ1n) is 8.08. The predicted molar refractivity (Wildman–Crippen MR) is 86.1 cm³/mol. The zero-order valence-electron chi connectivity index (χ0n) is 13.5. The highest BCUT2D eigenvalue weighted by Gasteiger charge is 2.17. The van der Waals surface area contributed by atoms with Gasteiger partial charge in [0.1, 0.15) is 5.69 Å². The second-order valence-corrected chi connectivity index (χ2v) is 5.44. The van der Waals surface area contributed by atoms with Gasteiger partial charge in [0.05, 0.1) is 0 Å². The van der Waals surface area contributed by atoms with Gasteiger partial charge in [-0.2, -0.15) is 0 Å². The van der Waals surface area contributed by atoms with Gasteiger partial charge in [-0.1, -0.05) is 39.5 Å². The molecule has 5 nitrogen and oxygen atoms in total. The van der Waals surface area contributed by atoms with Crippen molar-refractivity contribution in [1.29, 1.82) is 0 Å². The van der Waals surface area contributed by atoms with Crippen molar-refractivity contribution in [2.75, 3.05) is 13.1 Å². The number of unbranched alkanes of at least 4 members (excludes halogenated alkanes) is 4. The summed E-state index contributed by atoms with van der Waals surface area (Å²) in [5, 5.41) is 8.99. The Kier molecular flexibility index (Phi) is 8.18. The third-order valence-electron chi connectivity index (χ3n) is 3.58. The van der Waals surface area contributed by atoms with E-state index in [0.717, 1.165) is 51.6 Å². The first-order chi connectivity index (χ1) is 10.6. The molecule has 1 rings (SSSR count). The lowest BCUT2D eigenvalue weighted by Crippen LogP contribution is -2.33. The van der Waals surface area contributed by atoms with E-state index in [4.69, 9.17) is 5.11 Å². The van der Waals surface area contributed by atoms with E-state index in [-0.39, 0.29) is 11.6 Å². The Bertz CT molecular complexity index is 479. The molecule has 5 heteroatoms. The van der Waals surface area contributed by atoms with Crippen molar-refractivity contribution in [2.45, 2.75) is 52.4 Å². The van der Waals surface area contributed by atoms with Crippen molar-refractivity contribution < 1.29 is 14.7 Å². The Balaban J connectivity index is 2.79. The summed E-state index contributed by atoms with van der Waals surface area (Å²) < 4.78 is 0. The zero-order chi connectivity index (χ0) is 16.4. The molecule has 0 fully saturated rings. The van der Waals surface area contributed by atoms with Gasteiger partial charge in [-0.05, 0) is 25.0 Å². The van der Waals surface area contributed by atoms with Crippen molar-refractivity contribution in [2.24, 2.45) is 0 Å². The number of hydrogen-bond donors (Lipinski definition) is 1. The summed E-state index contributed by atoms with van der Waals surface area (Å²) in [6.07, 6.45) is 7.73. The summed E-state index contributed by atoms with van der Waals surface area (Å²) in [6.45, 7) is 5.71. The maximum atomic E-state index is 12.6. The minimum atomic E-state index is -1.11. The van der Waals surface area contributed by atoms with Gasteiger partial charge < -0.3 is 10.0 Å². The summed E-state index contributed by atoms with van der Waals surface area (Å²) >= 11 is 0. The number of nitrogens with zero attached hydrogens (tertiary/aromatic N) is 2. The first-order valence-corrected chi connectivity index (χ1v) is 8.08. The van der Waals surface area contributed by atoms with Gasteiger partial charge in [0.15, 0.2) is 0 Å². The normalized spacial score (nSPS) is 10.5. The molecule has 22 heavy (non-hydrogen) atoms. The first kappa shape index (κ1) is 18.1. The van der Waals surface area contributed by atoms with Crippen LogP contribution < -0.4 is 0 Å². The molecule has 0 atom stereocenters. The van der Waals surface area contributed by atoms with Crippen LogP contribution in [0.2, 0.25) is 0 Å². The number of hydrogen-bond acceptors (Lipinski definition) is 3. The van der Waals surface area contributed by atoms with Crippen LogP contribution >= 0.6 is 0 Å². The molecular formula is C17H26N2O3. The molecule has 0 aliphatic heterocycles. The minimum Gasteiger partial charge on any atom is -0.477 e. The highest BCUT2D eigenvalue weighted by Crippen LogP contribution is 2.10. The van der Waals surface area contributed by atoms with Crippen molar-refractivity contribution in [3.8, 4) is 0 Å². The van der Waals surface area contributed by atoms with Gasteiger partial charge in [-0.3, -0.25) is 4.79 Å². The predicted octanol–water partition coefficient (Wildman–Crippen LogP) is 3.60. The zero-order valence-corrected chi connectivity index (χ0v) is 13.5. The Labute approximate surface area is 132 Å². The number of amides is 1. The van der Waals surface area contributed by atoms with Gasteiger partial charge in [-0.25, -0.2) is 9.78 Å². The molecule has 0 saturated heterocycles. The summed E-state index contributed by atoms with van der Waals surface area (Å²) in [5.41, 5.74) is 0.313. The van der Waals surface area contributed by atoms with Crippen LogP contribution in [0.15, 0.2) is 18.3 Å². The van der Waals surface area contributed by atoms with Crippen molar-refractivity contribution in [3.05, 3.63) is 29.6 Å². The van der Waals surface area contributed by atoms with Crippen molar-refractivity contribution in [3.63, 3.8) is 0 Å². The van der Waals surface area contributed by atoms with Crippen molar-refractivity contribution in [1.82, 2.24) is 9.88 Å². The second kappa shape index (κ2) is 9.92. The molecule has 0 unspecified atom stereocenters. The van der Waals surface area contributed by atoms with Gasteiger partial charge in [-0.15, -0.1) is 0 Å². The number of carbonyl (C=O) groups is 2. The molecule has 0 spiro atoms. The molecule has 0 bridgehead atoms. The molecular weight excluding hydrogens is 280 g/mol.